The van der Waals surface area contributed by atoms with Crippen LogP contribution in [-0.4, -0.2) is 31.5 Å². The molecule has 20 heavy (non-hydrogen) atoms. The van der Waals surface area contributed by atoms with E-state index in [2.05, 4.69) is 14.5 Å². The minimum Gasteiger partial charge on any atom is -0.481 e. The van der Waals surface area contributed by atoms with Crippen molar-refractivity contribution in [3.05, 3.63) is 17.3 Å². The van der Waals surface area contributed by atoms with E-state index in [0.29, 0.717) is 0 Å². The standard InChI is InChI=1S/C11H13F3N2O4/c1-18-8(17)3-6-5-16-10(19-2)7(4-15)9(6)20-11(12,13)14/h5H,3-4,15H2,1-2H3. The maximum absolute atomic E-state index is 12.5. The van der Waals surface area contributed by atoms with E-state index >= 15 is 0 Å². The quantitative estimate of drug-likeness (QED) is 0.820. The molecule has 0 saturated heterocycles. The third-order valence-electron chi connectivity index (χ3n) is 2.34. The highest BCUT2D eigenvalue weighted by Gasteiger charge is 2.34. The van der Waals surface area contributed by atoms with E-state index < -0.39 is 24.5 Å². The first kappa shape index (κ1) is 16.0. The first-order valence-corrected chi connectivity index (χ1v) is 5.39. The maximum Gasteiger partial charge on any atom is 0.573 e. The lowest BCUT2D eigenvalue weighted by atomic mass is 10.1. The number of methoxy groups -OCH3 is 2. The zero-order valence-corrected chi connectivity index (χ0v) is 10.8. The van der Waals surface area contributed by atoms with Crippen LogP contribution in [0.25, 0.3) is 0 Å². The Kier molecular flexibility index (Phi) is 5.14. The van der Waals surface area contributed by atoms with Gasteiger partial charge < -0.3 is 19.9 Å². The molecule has 1 heterocycles. The molecule has 6 nitrogen and oxygen atoms in total. The Labute approximate surface area is 112 Å². The summed E-state index contributed by atoms with van der Waals surface area (Å²) < 4.78 is 50.5. The Morgan fingerprint density at radius 1 is 1.40 bits per heavy atom. The summed E-state index contributed by atoms with van der Waals surface area (Å²) in [6.07, 6.45) is -4.30. The zero-order valence-electron chi connectivity index (χ0n) is 10.8. The smallest absolute Gasteiger partial charge is 0.481 e. The second kappa shape index (κ2) is 6.42. The van der Waals surface area contributed by atoms with Gasteiger partial charge in [-0.25, -0.2) is 4.98 Å². The van der Waals surface area contributed by atoms with Crippen molar-refractivity contribution in [1.29, 1.82) is 0 Å². The second-order valence-corrected chi connectivity index (χ2v) is 3.61. The average molecular weight is 294 g/mol. The Bertz CT molecular complexity index is 491. The third kappa shape index (κ3) is 3.98. The lowest BCUT2D eigenvalue weighted by molar-refractivity contribution is -0.275. The summed E-state index contributed by atoms with van der Waals surface area (Å²) in [7, 11) is 2.35. The third-order valence-corrected chi connectivity index (χ3v) is 2.34. The topological polar surface area (TPSA) is 83.7 Å². The molecule has 2 N–H and O–H groups in total. The molecule has 1 aromatic heterocycles. The minimum atomic E-state index is -4.93. The monoisotopic (exact) mass is 294 g/mol. The first-order chi connectivity index (χ1) is 9.32. The van der Waals surface area contributed by atoms with Crippen LogP contribution in [0.2, 0.25) is 0 Å². The van der Waals surface area contributed by atoms with E-state index in [1.807, 2.05) is 0 Å². The van der Waals surface area contributed by atoms with Gasteiger partial charge in [-0.15, -0.1) is 13.2 Å². The summed E-state index contributed by atoms with van der Waals surface area (Å²) in [4.78, 5) is 15.0. The molecule has 0 radical (unpaired) electrons. The van der Waals surface area contributed by atoms with Crippen molar-refractivity contribution in [3.63, 3.8) is 0 Å². The molecular weight excluding hydrogens is 281 g/mol. The molecule has 1 rings (SSSR count). The van der Waals surface area contributed by atoms with E-state index in [-0.39, 0.29) is 23.6 Å². The van der Waals surface area contributed by atoms with Gasteiger partial charge in [0.2, 0.25) is 5.88 Å². The van der Waals surface area contributed by atoms with Gasteiger partial charge in [-0.05, 0) is 0 Å². The van der Waals surface area contributed by atoms with Gasteiger partial charge in [-0.3, -0.25) is 4.79 Å². The summed E-state index contributed by atoms with van der Waals surface area (Å²) in [5.74, 6) is -1.41. The van der Waals surface area contributed by atoms with Crippen molar-refractivity contribution in [2.24, 2.45) is 5.73 Å². The van der Waals surface area contributed by atoms with Crippen molar-refractivity contribution in [2.75, 3.05) is 14.2 Å². The van der Waals surface area contributed by atoms with Gasteiger partial charge in [0.05, 0.1) is 26.2 Å². The summed E-state index contributed by atoms with van der Waals surface area (Å²) >= 11 is 0. The predicted molar refractivity (Wildman–Crippen MR) is 61.1 cm³/mol. The number of ether oxygens (including phenoxy) is 3. The van der Waals surface area contributed by atoms with E-state index in [4.69, 9.17) is 10.5 Å². The van der Waals surface area contributed by atoms with Crippen molar-refractivity contribution in [1.82, 2.24) is 4.98 Å². The van der Waals surface area contributed by atoms with Crippen LogP contribution >= 0.6 is 0 Å². The zero-order chi connectivity index (χ0) is 15.3. The van der Waals surface area contributed by atoms with Gasteiger partial charge in [0.25, 0.3) is 0 Å². The normalized spacial score (nSPS) is 11.1. The predicted octanol–water partition coefficient (Wildman–Crippen LogP) is 1.16. The minimum absolute atomic E-state index is 0.0776. The summed E-state index contributed by atoms with van der Waals surface area (Å²) in [5.41, 5.74) is 5.23. The number of carbonyl (C=O) groups excluding carboxylic acids is 1. The van der Waals surface area contributed by atoms with Gasteiger partial charge in [-0.2, -0.15) is 0 Å². The molecule has 0 saturated carbocycles. The molecule has 112 valence electrons. The highest BCUT2D eigenvalue weighted by molar-refractivity contribution is 5.73. The summed E-state index contributed by atoms with van der Waals surface area (Å²) in [5, 5.41) is 0. The fourth-order valence-electron chi connectivity index (χ4n) is 1.52. The molecule has 0 spiro atoms. The fraction of sp³-hybridized carbons (Fsp3) is 0.455. The Morgan fingerprint density at radius 3 is 2.50 bits per heavy atom. The van der Waals surface area contributed by atoms with Crippen LogP contribution in [0.4, 0.5) is 13.2 Å². The number of esters is 1. The molecule has 0 atom stereocenters. The number of halogens is 3. The van der Waals surface area contributed by atoms with Crippen molar-refractivity contribution >= 4 is 5.97 Å². The van der Waals surface area contributed by atoms with Crippen LogP contribution in [0.3, 0.4) is 0 Å². The SMILES string of the molecule is COC(=O)Cc1cnc(OC)c(CN)c1OC(F)(F)F. The van der Waals surface area contributed by atoms with Crippen LogP contribution in [0, 0.1) is 0 Å². The van der Waals surface area contributed by atoms with Gasteiger partial charge in [-0.1, -0.05) is 0 Å². The number of nitrogens with two attached hydrogens (primary N) is 1. The summed E-state index contributed by atoms with van der Waals surface area (Å²) in [6.45, 7) is -0.295. The molecular formula is C11H13F3N2O4. The Hall–Kier alpha value is -2.03. The molecule has 0 amide bonds. The largest absolute Gasteiger partial charge is 0.573 e. The van der Waals surface area contributed by atoms with Gasteiger partial charge >= 0.3 is 12.3 Å². The molecule has 0 fully saturated rings. The number of carbonyl (C=O) groups is 1. The molecule has 9 heteroatoms. The molecule has 0 aromatic carbocycles. The second-order valence-electron chi connectivity index (χ2n) is 3.61. The number of pyridine rings is 1. The van der Waals surface area contributed by atoms with Crippen LogP contribution in [-0.2, 0) is 22.5 Å². The molecule has 0 bridgehead atoms. The lowest BCUT2D eigenvalue weighted by Gasteiger charge is -2.17. The molecule has 0 aliphatic carbocycles. The molecule has 0 aliphatic heterocycles. The van der Waals surface area contributed by atoms with Crippen molar-refractivity contribution < 1.29 is 32.2 Å². The number of rotatable bonds is 5. The lowest BCUT2D eigenvalue weighted by Crippen LogP contribution is -2.21. The number of hydrogen-bond acceptors (Lipinski definition) is 6. The number of nitrogens with zero attached hydrogens (tertiary/aromatic N) is 1. The van der Waals surface area contributed by atoms with E-state index in [9.17, 15) is 18.0 Å². The highest BCUT2D eigenvalue weighted by atomic mass is 19.4. The van der Waals surface area contributed by atoms with Crippen LogP contribution in [0.1, 0.15) is 11.1 Å². The number of hydrogen-bond donors (Lipinski definition) is 1. The Morgan fingerprint density at radius 2 is 2.05 bits per heavy atom. The molecule has 1 aromatic rings. The Balaban J connectivity index is 3.31. The van der Waals surface area contributed by atoms with Crippen molar-refractivity contribution in [3.8, 4) is 11.6 Å². The molecule has 0 unspecified atom stereocenters. The van der Waals surface area contributed by atoms with Gasteiger partial charge in [0, 0.05) is 18.3 Å². The van der Waals surface area contributed by atoms with Crippen LogP contribution in [0.5, 0.6) is 11.6 Å². The number of aromatic nitrogens is 1. The van der Waals surface area contributed by atoms with E-state index in [0.717, 1.165) is 13.3 Å². The van der Waals surface area contributed by atoms with Crippen LogP contribution < -0.4 is 15.2 Å². The molecule has 0 aliphatic rings. The highest BCUT2D eigenvalue weighted by Crippen LogP contribution is 2.34. The van der Waals surface area contributed by atoms with Gasteiger partial charge in [0.1, 0.15) is 5.75 Å². The average Bonchev–Trinajstić information content (AvgIpc) is 2.38. The van der Waals surface area contributed by atoms with Crippen LogP contribution in [0.15, 0.2) is 6.20 Å². The summed E-state index contributed by atoms with van der Waals surface area (Å²) in [6, 6.07) is 0. The van der Waals surface area contributed by atoms with Crippen molar-refractivity contribution in [2.45, 2.75) is 19.3 Å². The number of alkyl halides is 3. The van der Waals surface area contributed by atoms with E-state index in [1.54, 1.807) is 0 Å². The van der Waals surface area contributed by atoms with Gasteiger partial charge in [0.15, 0.2) is 0 Å². The maximum atomic E-state index is 12.5. The van der Waals surface area contributed by atoms with E-state index in [1.165, 1.54) is 7.11 Å². The fourth-order valence-corrected chi connectivity index (χ4v) is 1.52. The first-order valence-electron chi connectivity index (χ1n) is 5.39.